The maximum atomic E-state index is 13.8. The van der Waals surface area contributed by atoms with Crippen LogP contribution in [-0.4, -0.2) is 35.8 Å². The fourth-order valence-corrected chi connectivity index (χ4v) is 8.22. The van der Waals surface area contributed by atoms with Crippen LogP contribution in [0.25, 0.3) is 0 Å². The number of alkyl halides is 2. The molecule has 0 bridgehead atoms. The smallest absolute Gasteiger partial charge is 0.306 e. The van der Waals surface area contributed by atoms with Crippen LogP contribution in [0.5, 0.6) is 0 Å². The molecule has 34 heavy (non-hydrogen) atoms. The molecular formula is C27H38F2O5. The van der Waals surface area contributed by atoms with E-state index >= 15 is 0 Å². The van der Waals surface area contributed by atoms with Crippen LogP contribution in [0, 0.1) is 46.3 Å². The van der Waals surface area contributed by atoms with Crippen molar-refractivity contribution in [2.24, 2.45) is 46.3 Å². The number of esters is 1. The highest BCUT2D eigenvalue weighted by atomic mass is 19.3. The Morgan fingerprint density at radius 2 is 1.82 bits per heavy atom. The molecule has 0 N–H and O–H groups in total. The van der Waals surface area contributed by atoms with Crippen molar-refractivity contribution >= 4 is 23.3 Å². The van der Waals surface area contributed by atoms with Crippen LogP contribution in [0.15, 0.2) is 0 Å². The highest BCUT2D eigenvalue weighted by molar-refractivity contribution is 5.93. The zero-order valence-corrected chi connectivity index (χ0v) is 20.8. The molecule has 0 aromatic rings. The molecular weight excluding hydrogens is 442 g/mol. The van der Waals surface area contributed by atoms with Crippen LogP contribution in [0.2, 0.25) is 0 Å². The van der Waals surface area contributed by atoms with Crippen LogP contribution < -0.4 is 0 Å². The van der Waals surface area contributed by atoms with Gasteiger partial charge < -0.3 is 4.74 Å². The van der Waals surface area contributed by atoms with Gasteiger partial charge in [-0.1, -0.05) is 20.8 Å². The van der Waals surface area contributed by atoms with Crippen molar-refractivity contribution < 1.29 is 32.7 Å². The van der Waals surface area contributed by atoms with Gasteiger partial charge in [0, 0.05) is 50.4 Å². The summed E-state index contributed by atoms with van der Waals surface area (Å²) in [6.45, 7) is 6.03. The first-order chi connectivity index (χ1) is 15.8. The number of carbonyl (C=O) groups is 4. The van der Waals surface area contributed by atoms with Crippen molar-refractivity contribution in [3.8, 4) is 0 Å². The second-order valence-corrected chi connectivity index (χ2v) is 12.2. The molecule has 0 radical (unpaired) electrons. The van der Waals surface area contributed by atoms with E-state index in [0.717, 1.165) is 19.3 Å². The summed E-state index contributed by atoms with van der Waals surface area (Å²) in [5.41, 5.74) is -0.747. The van der Waals surface area contributed by atoms with E-state index in [2.05, 4.69) is 6.92 Å². The van der Waals surface area contributed by atoms with Gasteiger partial charge in [-0.05, 0) is 60.7 Å². The first-order valence-corrected chi connectivity index (χ1v) is 12.9. The molecule has 2 unspecified atom stereocenters. The summed E-state index contributed by atoms with van der Waals surface area (Å²) < 4.78 is 30.6. The van der Waals surface area contributed by atoms with Gasteiger partial charge >= 0.3 is 5.97 Å². The van der Waals surface area contributed by atoms with Crippen molar-refractivity contribution in [3.05, 3.63) is 0 Å². The number of Topliss-reactive ketones (excluding diaryl/α,β-unsaturated/α-hetero) is 3. The van der Waals surface area contributed by atoms with Crippen LogP contribution in [-0.2, 0) is 23.9 Å². The topological polar surface area (TPSA) is 77.5 Å². The standard InChI is InChI=1S/C27H38F2O5/c1-15(5-8-23(33)34-14-26(3,28)29)18-6-7-19-24-20(13-22(32)27(18,19)4)25(2)10-9-17(30)11-16(25)12-21(24)31/h15-16,18-20,24H,5-14H2,1-4H3/t15?,16-,18+,19-,20?,24-,25-,27+/m0/s1. The van der Waals surface area contributed by atoms with Gasteiger partial charge in [0.25, 0.3) is 5.92 Å². The molecule has 5 nitrogen and oxygen atoms in total. The molecule has 4 aliphatic carbocycles. The van der Waals surface area contributed by atoms with Crippen molar-refractivity contribution in [2.45, 2.75) is 91.4 Å². The maximum absolute atomic E-state index is 13.8. The van der Waals surface area contributed by atoms with Crippen LogP contribution in [0.3, 0.4) is 0 Å². The fraction of sp³-hybridized carbons (Fsp3) is 0.852. The Balaban J connectivity index is 1.48. The molecule has 190 valence electrons. The largest absolute Gasteiger partial charge is 0.459 e. The summed E-state index contributed by atoms with van der Waals surface area (Å²) in [5, 5.41) is 0. The molecule has 0 saturated heterocycles. The molecule has 0 aromatic heterocycles. The summed E-state index contributed by atoms with van der Waals surface area (Å²) in [6.07, 6.45) is 4.75. The number of rotatable bonds is 6. The highest BCUT2D eigenvalue weighted by Gasteiger charge is 2.66. The summed E-state index contributed by atoms with van der Waals surface area (Å²) >= 11 is 0. The van der Waals surface area contributed by atoms with E-state index in [1.165, 1.54) is 0 Å². The number of fused-ring (bicyclic) bond motifs is 5. The van der Waals surface area contributed by atoms with Gasteiger partial charge in [-0.15, -0.1) is 0 Å². The Morgan fingerprint density at radius 3 is 2.50 bits per heavy atom. The third kappa shape index (κ3) is 4.26. The summed E-state index contributed by atoms with van der Waals surface area (Å²) in [6, 6.07) is 0. The molecule has 7 heteroatoms. The molecule has 4 rings (SSSR count). The minimum atomic E-state index is -3.05. The summed E-state index contributed by atoms with van der Waals surface area (Å²) in [4.78, 5) is 51.2. The van der Waals surface area contributed by atoms with E-state index in [-0.39, 0.29) is 64.7 Å². The molecule has 4 fully saturated rings. The van der Waals surface area contributed by atoms with Gasteiger partial charge in [-0.25, -0.2) is 8.78 Å². The van der Waals surface area contributed by atoms with E-state index in [0.29, 0.717) is 39.0 Å². The Hall–Kier alpha value is -1.66. The number of hydrogen-bond donors (Lipinski definition) is 0. The average Bonchev–Trinajstić information content (AvgIpc) is 3.10. The number of hydrogen-bond acceptors (Lipinski definition) is 5. The predicted octanol–water partition coefficient (Wildman–Crippen LogP) is 5.19. The van der Waals surface area contributed by atoms with Crippen LogP contribution in [0.1, 0.15) is 85.5 Å². The summed E-state index contributed by atoms with van der Waals surface area (Å²) in [7, 11) is 0. The Morgan fingerprint density at radius 1 is 1.12 bits per heavy atom. The fourth-order valence-electron chi connectivity index (χ4n) is 8.22. The van der Waals surface area contributed by atoms with Gasteiger partial charge in [0.05, 0.1) is 0 Å². The van der Waals surface area contributed by atoms with Gasteiger partial charge in [0.1, 0.15) is 17.3 Å². The van der Waals surface area contributed by atoms with Crippen molar-refractivity contribution in [2.75, 3.05) is 6.61 Å². The molecule has 0 spiro atoms. The zero-order chi connectivity index (χ0) is 25.1. The molecule has 4 aliphatic rings. The Bertz CT molecular complexity index is 879. The van der Waals surface area contributed by atoms with Gasteiger partial charge in [-0.2, -0.15) is 0 Å². The second-order valence-electron chi connectivity index (χ2n) is 12.2. The lowest BCUT2D eigenvalue weighted by atomic mass is 9.44. The van der Waals surface area contributed by atoms with E-state index < -0.39 is 23.9 Å². The molecule has 4 saturated carbocycles. The third-order valence-electron chi connectivity index (χ3n) is 10.2. The monoisotopic (exact) mass is 480 g/mol. The zero-order valence-electron chi connectivity index (χ0n) is 20.8. The van der Waals surface area contributed by atoms with Gasteiger partial charge in [0.2, 0.25) is 0 Å². The molecule has 0 amide bonds. The van der Waals surface area contributed by atoms with Crippen molar-refractivity contribution in [3.63, 3.8) is 0 Å². The lowest BCUT2D eigenvalue weighted by Crippen LogP contribution is -2.60. The molecule has 0 aliphatic heterocycles. The Kier molecular flexibility index (Phi) is 6.56. The minimum absolute atomic E-state index is 0.000150. The summed E-state index contributed by atoms with van der Waals surface area (Å²) in [5.74, 6) is -2.99. The van der Waals surface area contributed by atoms with Gasteiger partial charge in [-0.3, -0.25) is 19.2 Å². The molecule has 0 aromatic carbocycles. The van der Waals surface area contributed by atoms with E-state index in [1.54, 1.807) is 0 Å². The maximum Gasteiger partial charge on any atom is 0.306 e. The lowest BCUT2D eigenvalue weighted by molar-refractivity contribution is -0.166. The van der Waals surface area contributed by atoms with Gasteiger partial charge in [0.15, 0.2) is 6.61 Å². The van der Waals surface area contributed by atoms with E-state index in [4.69, 9.17) is 4.74 Å². The van der Waals surface area contributed by atoms with Crippen LogP contribution >= 0.6 is 0 Å². The second kappa shape index (κ2) is 8.77. The number of ether oxygens (including phenoxy) is 1. The SMILES string of the molecule is CC(CCC(=O)OCC(C)(F)F)[C@H]1CC[C@H]2[C@@H]3C(=O)C[C@@H]4CC(=O)CC[C@]4(C)C3CC(=O)[C@]12C. The van der Waals surface area contributed by atoms with Crippen molar-refractivity contribution in [1.82, 2.24) is 0 Å². The first-order valence-electron chi connectivity index (χ1n) is 12.9. The molecule has 8 atom stereocenters. The first kappa shape index (κ1) is 25.4. The number of halogens is 2. The predicted molar refractivity (Wildman–Crippen MR) is 121 cm³/mol. The number of carbonyl (C=O) groups excluding carboxylic acids is 4. The Labute approximate surface area is 200 Å². The average molecular weight is 481 g/mol. The van der Waals surface area contributed by atoms with Crippen LogP contribution in [0.4, 0.5) is 8.78 Å². The highest BCUT2D eigenvalue weighted by Crippen LogP contribution is 2.66. The third-order valence-corrected chi connectivity index (χ3v) is 10.2. The quantitative estimate of drug-likeness (QED) is 0.489. The normalized spacial score (nSPS) is 40.9. The lowest BCUT2D eigenvalue weighted by Gasteiger charge is -2.58. The number of ketones is 3. The van der Waals surface area contributed by atoms with E-state index in [1.807, 2.05) is 13.8 Å². The van der Waals surface area contributed by atoms with E-state index in [9.17, 15) is 28.0 Å². The molecule has 0 heterocycles. The van der Waals surface area contributed by atoms with Crippen molar-refractivity contribution in [1.29, 1.82) is 0 Å². The minimum Gasteiger partial charge on any atom is -0.459 e.